The van der Waals surface area contributed by atoms with Crippen molar-refractivity contribution in [3.05, 3.63) is 67.7 Å². The van der Waals surface area contributed by atoms with E-state index in [1.807, 2.05) is 0 Å². The lowest BCUT2D eigenvalue weighted by Crippen LogP contribution is -2.21. The Bertz CT molecular complexity index is 1150. The maximum absolute atomic E-state index is 12.8. The first-order valence-corrected chi connectivity index (χ1v) is 7.55. The molecule has 0 spiro atoms. The van der Waals surface area contributed by atoms with Crippen molar-refractivity contribution in [2.45, 2.75) is 0 Å². The van der Waals surface area contributed by atoms with Crippen molar-refractivity contribution in [1.82, 2.24) is 9.55 Å². The Kier molecular flexibility index (Phi) is 3.03. The van der Waals surface area contributed by atoms with E-state index < -0.39 is 17.2 Å². The zero-order valence-corrected chi connectivity index (χ0v) is 13.4. The molecule has 2 N–H and O–H groups in total. The topological polar surface area (TPSA) is 95.1 Å². The quantitative estimate of drug-likeness (QED) is 0.564. The number of aromatic nitrogens is 2. The molecule has 0 radical (unpaired) electrons. The van der Waals surface area contributed by atoms with Gasteiger partial charge >= 0.3 is 0 Å². The number of nitrogens with zero attached hydrogens (tertiary/aromatic N) is 2. The van der Waals surface area contributed by atoms with E-state index in [2.05, 4.69) is 4.98 Å². The number of nitrogens with two attached hydrogens (primary N) is 1. The van der Waals surface area contributed by atoms with E-state index in [-0.39, 0.29) is 32.9 Å². The van der Waals surface area contributed by atoms with E-state index in [4.69, 9.17) is 28.9 Å². The van der Waals surface area contributed by atoms with Crippen LogP contribution in [-0.4, -0.2) is 21.2 Å². The number of rotatable bonds is 1. The summed E-state index contributed by atoms with van der Waals surface area (Å²) >= 11 is 12.1. The normalized spacial score (nSPS) is 12.3. The largest absolute Gasteiger partial charge is 0.366 e. The lowest BCUT2D eigenvalue weighted by Gasteiger charge is -2.07. The van der Waals surface area contributed by atoms with Crippen molar-refractivity contribution in [2.75, 3.05) is 0 Å². The molecule has 6 nitrogen and oxygen atoms in total. The fourth-order valence-corrected chi connectivity index (χ4v) is 3.36. The van der Waals surface area contributed by atoms with Gasteiger partial charge in [0.2, 0.25) is 11.7 Å². The third-order valence-electron chi connectivity index (χ3n) is 3.86. The molecule has 1 aliphatic rings. The third-order valence-corrected chi connectivity index (χ3v) is 4.38. The number of hydrogen-bond donors (Lipinski definition) is 1. The number of ketones is 1. The van der Waals surface area contributed by atoms with E-state index in [1.165, 1.54) is 34.9 Å². The minimum absolute atomic E-state index is 0.0533. The molecule has 118 valence electrons. The van der Waals surface area contributed by atoms with Crippen molar-refractivity contribution in [3.8, 4) is 5.69 Å². The van der Waals surface area contributed by atoms with E-state index in [0.29, 0.717) is 10.7 Å². The highest BCUT2D eigenvalue weighted by molar-refractivity contribution is 6.38. The van der Waals surface area contributed by atoms with Gasteiger partial charge in [-0.3, -0.25) is 19.0 Å². The van der Waals surface area contributed by atoms with Gasteiger partial charge in [-0.15, -0.1) is 0 Å². The van der Waals surface area contributed by atoms with Crippen LogP contribution < -0.4 is 11.3 Å². The number of amides is 1. The van der Waals surface area contributed by atoms with E-state index in [9.17, 15) is 14.4 Å². The van der Waals surface area contributed by atoms with E-state index in [1.54, 1.807) is 0 Å². The Morgan fingerprint density at radius 2 is 1.88 bits per heavy atom. The van der Waals surface area contributed by atoms with Crippen LogP contribution in [0, 0.1) is 0 Å². The number of halogens is 2. The lowest BCUT2D eigenvalue weighted by atomic mass is 10.1. The van der Waals surface area contributed by atoms with Gasteiger partial charge in [-0.05, 0) is 30.3 Å². The van der Waals surface area contributed by atoms with Gasteiger partial charge in [-0.1, -0.05) is 23.2 Å². The first-order chi connectivity index (χ1) is 11.4. The SMILES string of the molecule is NC(=O)c1ccc2c(c1)C(=O)c1nc3cc(Cl)cc(Cl)c3c(=O)n1-2. The molecule has 0 saturated heterocycles. The molecule has 0 aliphatic carbocycles. The minimum Gasteiger partial charge on any atom is -0.366 e. The van der Waals surface area contributed by atoms with Gasteiger partial charge in [0.15, 0.2) is 5.82 Å². The molecule has 0 atom stereocenters. The van der Waals surface area contributed by atoms with Gasteiger partial charge in [0.05, 0.1) is 27.2 Å². The van der Waals surface area contributed by atoms with Gasteiger partial charge < -0.3 is 5.73 Å². The Labute approximate surface area is 144 Å². The lowest BCUT2D eigenvalue weighted by molar-refractivity contribution is 0.1000. The second-order valence-corrected chi connectivity index (χ2v) is 6.13. The highest BCUT2D eigenvalue weighted by Crippen LogP contribution is 2.30. The summed E-state index contributed by atoms with van der Waals surface area (Å²) in [5, 5.41) is 0.632. The van der Waals surface area contributed by atoms with Crippen molar-refractivity contribution < 1.29 is 9.59 Å². The van der Waals surface area contributed by atoms with Crippen LogP contribution >= 0.6 is 23.2 Å². The molecule has 2 aromatic carbocycles. The van der Waals surface area contributed by atoms with Gasteiger partial charge in [0.25, 0.3) is 5.56 Å². The van der Waals surface area contributed by atoms with Crippen LogP contribution in [0.1, 0.15) is 26.5 Å². The molecule has 3 aromatic rings. The summed E-state index contributed by atoms with van der Waals surface area (Å²) in [4.78, 5) is 41.0. The average Bonchev–Trinajstić information content (AvgIpc) is 2.79. The molecule has 8 heteroatoms. The van der Waals surface area contributed by atoms with E-state index in [0.717, 1.165) is 0 Å². The standard InChI is InChI=1S/C16H7Cl2N3O3/c17-7-4-9(18)12-10(5-7)20-15-13(22)8-3-6(14(19)23)1-2-11(8)21(15)16(12)24/h1-5H,(H2,19,23). The zero-order chi connectivity index (χ0) is 17.2. The summed E-state index contributed by atoms with van der Waals surface area (Å²) in [6.45, 7) is 0. The van der Waals surface area contributed by atoms with Crippen molar-refractivity contribution >= 4 is 45.8 Å². The molecule has 0 unspecified atom stereocenters. The van der Waals surface area contributed by atoms with Crippen LogP contribution in [0.2, 0.25) is 10.0 Å². The summed E-state index contributed by atoms with van der Waals surface area (Å²) in [7, 11) is 0. The molecule has 1 amide bonds. The second kappa shape index (κ2) is 4.90. The molecule has 1 aromatic heterocycles. The Morgan fingerprint density at radius 3 is 2.58 bits per heavy atom. The Balaban J connectivity index is 2.12. The van der Waals surface area contributed by atoms with Crippen molar-refractivity contribution in [1.29, 1.82) is 0 Å². The molecule has 1 aliphatic heterocycles. The summed E-state index contributed by atoms with van der Waals surface area (Å²) in [5.74, 6) is -1.19. The number of carbonyl (C=O) groups excluding carboxylic acids is 2. The summed E-state index contributed by atoms with van der Waals surface area (Å²) < 4.78 is 1.19. The fourth-order valence-electron chi connectivity index (χ4n) is 2.79. The molecule has 24 heavy (non-hydrogen) atoms. The molecular formula is C16H7Cl2N3O3. The number of fused-ring (bicyclic) bond motifs is 4. The first kappa shape index (κ1) is 14.9. The molecule has 0 bridgehead atoms. The van der Waals surface area contributed by atoms with Gasteiger partial charge in [0.1, 0.15) is 0 Å². The maximum atomic E-state index is 12.8. The van der Waals surface area contributed by atoms with E-state index >= 15 is 0 Å². The van der Waals surface area contributed by atoms with Crippen molar-refractivity contribution in [2.24, 2.45) is 5.73 Å². The molecule has 2 heterocycles. The Hall–Kier alpha value is -2.70. The van der Waals surface area contributed by atoms with Crippen LogP contribution in [0.25, 0.3) is 16.6 Å². The summed E-state index contributed by atoms with van der Waals surface area (Å²) in [6.07, 6.45) is 0. The first-order valence-electron chi connectivity index (χ1n) is 6.79. The van der Waals surface area contributed by atoms with Crippen LogP contribution in [-0.2, 0) is 0 Å². The predicted molar refractivity (Wildman–Crippen MR) is 89.3 cm³/mol. The van der Waals surface area contributed by atoms with Crippen LogP contribution in [0.5, 0.6) is 0 Å². The molecular weight excluding hydrogens is 353 g/mol. The third kappa shape index (κ3) is 1.90. The smallest absolute Gasteiger partial charge is 0.267 e. The van der Waals surface area contributed by atoms with Crippen LogP contribution in [0.3, 0.4) is 0 Å². The number of primary amides is 1. The second-order valence-electron chi connectivity index (χ2n) is 5.28. The fraction of sp³-hybridized carbons (Fsp3) is 0. The predicted octanol–water partition coefficient (Wildman–Crippen LogP) is 2.34. The monoisotopic (exact) mass is 359 g/mol. The molecule has 4 rings (SSSR count). The van der Waals surface area contributed by atoms with Crippen molar-refractivity contribution in [3.63, 3.8) is 0 Å². The highest BCUT2D eigenvalue weighted by atomic mass is 35.5. The maximum Gasteiger partial charge on any atom is 0.267 e. The zero-order valence-electron chi connectivity index (χ0n) is 11.8. The number of carbonyl (C=O) groups is 2. The average molecular weight is 360 g/mol. The number of hydrogen-bond acceptors (Lipinski definition) is 4. The molecule has 0 saturated carbocycles. The number of benzene rings is 2. The van der Waals surface area contributed by atoms with Gasteiger partial charge in [0, 0.05) is 10.6 Å². The van der Waals surface area contributed by atoms with Crippen LogP contribution in [0.4, 0.5) is 0 Å². The highest BCUT2D eigenvalue weighted by Gasteiger charge is 2.31. The minimum atomic E-state index is -0.665. The Morgan fingerprint density at radius 1 is 1.12 bits per heavy atom. The summed E-state index contributed by atoms with van der Waals surface area (Å²) in [5.41, 5.74) is 5.70. The molecule has 0 fully saturated rings. The van der Waals surface area contributed by atoms with Gasteiger partial charge in [-0.25, -0.2) is 4.98 Å². The van der Waals surface area contributed by atoms with Crippen LogP contribution in [0.15, 0.2) is 35.1 Å². The summed E-state index contributed by atoms with van der Waals surface area (Å²) in [6, 6.07) is 7.20. The van der Waals surface area contributed by atoms with Gasteiger partial charge in [-0.2, -0.15) is 0 Å².